The molecule has 0 saturated carbocycles. The lowest BCUT2D eigenvalue weighted by molar-refractivity contribution is -0.145. The molecule has 0 fully saturated rings. The SMILES string of the molecule is COCCOC[C@H](/C=C/c1ccccc1)C(=O)OC. The largest absolute Gasteiger partial charge is 0.468 e. The Hall–Kier alpha value is -1.65. The van der Waals surface area contributed by atoms with Crippen molar-refractivity contribution in [2.24, 2.45) is 5.92 Å². The highest BCUT2D eigenvalue weighted by Gasteiger charge is 2.15. The fourth-order valence-electron chi connectivity index (χ4n) is 1.50. The van der Waals surface area contributed by atoms with Crippen molar-refractivity contribution < 1.29 is 19.0 Å². The smallest absolute Gasteiger partial charge is 0.314 e. The fourth-order valence-corrected chi connectivity index (χ4v) is 1.50. The van der Waals surface area contributed by atoms with Gasteiger partial charge in [0.05, 0.1) is 32.8 Å². The Bertz CT molecular complexity index is 386. The lowest BCUT2D eigenvalue weighted by Crippen LogP contribution is -2.20. The van der Waals surface area contributed by atoms with Crippen LogP contribution in [0.25, 0.3) is 6.08 Å². The van der Waals surface area contributed by atoms with Crippen molar-refractivity contribution >= 4 is 12.0 Å². The Balaban J connectivity index is 2.54. The molecule has 0 spiro atoms. The summed E-state index contributed by atoms with van der Waals surface area (Å²) in [5, 5.41) is 0. The second-order valence-electron chi connectivity index (χ2n) is 3.97. The van der Waals surface area contributed by atoms with E-state index in [0.29, 0.717) is 19.8 Å². The predicted molar refractivity (Wildman–Crippen MR) is 73.7 cm³/mol. The van der Waals surface area contributed by atoms with Crippen molar-refractivity contribution in [3.63, 3.8) is 0 Å². The van der Waals surface area contributed by atoms with Crippen LogP contribution in [-0.4, -0.2) is 40.0 Å². The molecule has 0 N–H and O–H groups in total. The molecule has 1 aromatic carbocycles. The van der Waals surface area contributed by atoms with Gasteiger partial charge >= 0.3 is 5.97 Å². The molecule has 4 nitrogen and oxygen atoms in total. The van der Waals surface area contributed by atoms with Gasteiger partial charge in [0.15, 0.2) is 0 Å². The van der Waals surface area contributed by atoms with Gasteiger partial charge in [-0.05, 0) is 5.56 Å². The van der Waals surface area contributed by atoms with Gasteiger partial charge in [0.25, 0.3) is 0 Å². The molecule has 1 rings (SSSR count). The Labute approximate surface area is 114 Å². The number of hydrogen-bond acceptors (Lipinski definition) is 4. The summed E-state index contributed by atoms with van der Waals surface area (Å²) in [6.45, 7) is 1.26. The van der Waals surface area contributed by atoms with Crippen molar-refractivity contribution in [2.45, 2.75) is 0 Å². The molecule has 0 unspecified atom stereocenters. The van der Waals surface area contributed by atoms with Gasteiger partial charge in [0, 0.05) is 7.11 Å². The average Bonchev–Trinajstić information content (AvgIpc) is 2.47. The third-order valence-electron chi connectivity index (χ3n) is 2.55. The van der Waals surface area contributed by atoms with E-state index in [1.165, 1.54) is 7.11 Å². The van der Waals surface area contributed by atoms with Gasteiger partial charge in [0.2, 0.25) is 0 Å². The quantitative estimate of drug-likeness (QED) is 0.533. The zero-order valence-electron chi connectivity index (χ0n) is 11.4. The zero-order chi connectivity index (χ0) is 13.9. The van der Waals surface area contributed by atoms with Gasteiger partial charge < -0.3 is 14.2 Å². The maximum absolute atomic E-state index is 11.6. The number of benzene rings is 1. The Kier molecular flexibility index (Phi) is 7.54. The van der Waals surface area contributed by atoms with E-state index in [1.807, 2.05) is 36.4 Å². The molecule has 0 aliphatic carbocycles. The highest BCUT2D eigenvalue weighted by molar-refractivity contribution is 5.75. The normalized spacial score (nSPS) is 12.5. The van der Waals surface area contributed by atoms with Crippen molar-refractivity contribution in [1.29, 1.82) is 0 Å². The maximum Gasteiger partial charge on any atom is 0.314 e. The van der Waals surface area contributed by atoms with Crippen LogP contribution in [0.1, 0.15) is 5.56 Å². The van der Waals surface area contributed by atoms with Crippen LogP contribution >= 0.6 is 0 Å². The van der Waals surface area contributed by atoms with Crippen molar-refractivity contribution in [2.75, 3.05) is 34.0 Å². The molecule has 1 atom stereocenters. The van der Waals surface area contributed by atoms with Crippen LogP contribution in [0, 0.1) is 5.92 Å². The Morgan fingerprint density at radius 1 is 1.21 bits per heavy atom. The number of carbonyl (C=O) groups excluding carboxylic acids is 1. The molecule has 4 heteroatoms. The molecule has 104 valence electrons. The van der Waals surface area contributed by atoms with Crippen LogP contribution < -0.4 is 0 Å². The first kappa shape index (κ1) is 15.4. The summed E-state index contributed by atoms with van der Waals surface area (Å²) in [6, 6.07) is 9.78. The first-order valence-electron chi connectivity index (χ1n) is 6.15. The molecule has 0 aromatic heterocycles. The first-order valence-corrected chi connectivity index (χ1v) is 6.15. The number of esters is 1. The number of rotatable bonds is 8. The van der Waals surface area contributed by atoms with Gasteiger partial charge in [-0.15, -0.1) is 0 Å². The summed E-state index contributed by atoms with van der Waals surface area (Å²) in [6.07, 6.45) is 3.69. The second kappa shape index (κ2) is 9.30. The summed E-state index contributed by atoms with van der Waals surface area (Å²) in [5.74, 6) is -0.702. The van der Waals surface area contributed by atoms with E-state index in [2.05, 4.69) is 0 Å². The molecule has 19 heavy (non-hydrogen) atoms. The lowest BCUT2D eigenvalue weighted by Gasteiger charge is -2.11. The van der Waals surface area contributed by atoms with Crippen molar-refractivity contribution in [3.05, 3.63) is 42.0 Å². The van der Waals surface area contributed by atoms with Crippen LogP contribution in [-0.2, 0) is 19.0 Å². The average molecular weight is 264 g/mol. The topological polar surface area (TPSA) is 44.8 Å². The highest BCUT2D eigenvalue weighted by atomic mass is 16.5. The Morgan fingerprint density at radius 2 is 1.95 bits per heavy atom. The molecule has 0 aliphatic heterocycles. The van der Waals surface area contributed by atoms with E-state index in [0.717, 1.165) is 5.56 Å². The van der Waals surface area contributed by atoms with E-state index < -0.39 is 5.92 Å². The van der Waals surface area contributed by atoms with Crippen LogP contribution in [0.3, 0.4) is 0 Å². The molecule has 0 saturated heterocycles. The van der Waals surface area contributed by atoms with E-state index in [1.54, 1.807) is 13.2 Å². The monoisotopic (exact) mass is 264 g/mol. The standard InChI is InChI=1S/C15H20O4/c1-17-10-11-19-12-14(15(16)18-2)9-8-13-6-4-3-5-7-13/h3-9,14H,10-12H2,1-2H3/b9-8+/t14-/m0/s1. The van der Waals surface area contributed by atoms with Crippen LogP contribution in [0.15, 0.2) is 36.4 Å². The summed E-state index contributed by atoms with van der Waals surface area (Å²) < 4.78 is 15.0. The van der Waals surface area contributed by atoms with Gasteiger partial charge in [-0.2, -0.15) is 0 Å². The van der Waals surface area contributed by atoms with Gasteiger partial charge in [0.1, 0.15) is 0 Å². The second-order valence-corrected chi connectivity index (χ2v) is 3.97. The van der Waals surface area contributed by atoms with Gasteiger partial charge in [-0.25, -0.2) is 0 Å². The van der Waals surface area contributed by atoms with E-state index in [9.17, 15) is 4.79 Å². The Morgan fingerprint density at radius 3 is 2.58 bits per heavy atom. The number of carbonyl (C=O) groups is 1. The fraction of sp³-hybridized carbons (Fsp3) is 0.400. The third-order valence-corrected chi connectivity index (χ3v) is 2.55. The van der Waals surface area contributed by atoms with E-state index in [4.69, 9.17) is 14.2 Å². The minimum atomic E-state index is -0.401. The molecule has 0 bridgehead atoms. The molecule has 1 aromatic rings. The highest BCUT2D eigenvalue weighted by Crippen LogP contribution is 2.08. The van der Waals surface area contributed by atoms with Gasteiger partial charge in [-0.3, -0.25) is 4.79 Å². The lowest BCUT2D eigenvalue weighted by atomic mass is 10.1. The molecule has 0 radical (unpaired) electrons. The molecular weight excluding hydrogens is 244 g/mol. The summed E-state index contributed by atoms with van der Waals surface area (Å²) in [4.78, 5) is 11.6. The molecule has 0 heterocycles. The molecule has 0 aliphatic rings. The molecule has 0 amide bonds. The predicted octanol–water partition coefficient (Wildman–Crippen LogP) is 2.15. The van der Waals surface area contributed by atoms with Gasteiger partial charge in [-0.1, -0.05) is 42.5 Å². The molecular formula is C15H20O4. The summed E-state index contributed by atoms with van der Waals surface area (Å²) >= 11 is 0. The van der Waals surface area contributed by atoms with E-state index >= 15 is 0 Å². The van der Waals surface area contributed by atoms with Crippen molar-refractivity contribution in [1.82, 2.24) is 0 Å². The van der Waals surface area contributed by atoms with Crippen LogP contribution in [0.4, 0.5) is 0 Å². The minimum absolute atomic E-state index is 0.291. The first-order chi connectivity index (χ1) is 9.27. The number of ether oxygens (including phenoxy) is 3. The third kappa shape index (κ3) is 6.18. The zero-order valence-corrected chi connectivity index (χ0v) is 11.4. The summed E-state index contributed by atoms with van der Waals surface area (Å²) in [7, 11) is 2.98. The van der Waals surface area contributed by atoms with Crippen LogP contribution in [0.5, 0.6) is 0 Å². The minimum Gasteiger partial charge on any atom is -0.468 e. The number of hydrogen-bond donors (Lipinski definition) is 0. The number of methoxy groups -OCH3 is 2. The van der Waals surface area contributed by atoms with Crippen molar-refractivity contribution in [3.8, 4) is 0 Å². The van der Waals surface area contributed by atoms with Crippen LogP contribution in [0.2, 0.25) is 0 Å². The van der Waals surface area contributed by atoms with E-state index in [-0.39, 0.29) is 5.97 Å². The maximum atomic E-state index is 11.6. The summed E-state index contributed by atoms with van der Waals surface area (Å²) in [5.41, 5.74) is 1.04.